The van der Waals surface area contributed by atoms with E-state index in [1.807, 2.05) is 29.2 Å². The van der Waals surface area contributed by atoms with Crippen molar-refractivity contribution in [3.8, 4) is 16.9 Å². The summed E-state index contributed by atoms with van der Waals surface area (Å²) in [5, 5.41) is 9.30. The molecule has 1 saturated carbocycles. The number of rotatable bonds is 10. The molecule has 2 aromatic carbocycles. The van der Waals surface area contributed by atoms with Crippen molar-refractivity contribution in [1.29, 1.82) is 0 Å². The summed E-state index contributed by atoms with van der Waals surface area (Å²) in [5.74, 6) is 0.890. The molecule has 1 aliphatic heterocycles. The van der Waals surface area contributed by atoms with Crippen molar-refractivity contribution in [3.05, 3.63) is 54.1 Å². The Morgan fingerprint density at radius 1 is 1.11 bits per heavy atom. The van der Waals surface area contributed by atoms with E-state index in [1.165, 1.54) is 0 Å². The summed E-state index contributed by atoms with van der Waals surface area (Å²) >= 11 is 0. The first-order valence-corrected chi connectivity index (χ1v) is 12.7. The zero-order chi connectivity index (χ0) is 25.1. The largest absolute Gasteiger partial charge is 0.492 e. The Bertz CT molecular complexity index is 1100. The first-order chi connectivity index (χ1) is 16.7. The molecule has 1 fully saturated rings. The number of carbonyl (C=O) groups is 2. The smallest absolute Gasteiger partial charge is 0.312 e. The van der Waals surface area contributed by atoms with Gasteiger partial charge in [0.15, 0.2) is 0 Å². The van der Waals surface area contributed by atoms with Gasteiger partial charge in [0.1, 0.15) is 23.7 Å². The highest BCUT2D eigenvalue weighted by atomic mass is 16.5. The number of benzene rings is 2. The highest BCUT2D eigenvalue weighted by molar-refractivity contribution is 6.08. The fraction of sp³-hybridized carbons (Fsp3) is 0.483. The molecule has 0 saturated heterocycles. The van der Waals surface area contributed by atoms with E-state index < -0.39 is 16.9 Å². The Morgan fingerprint density at radius 3 is 2.49 bits per heavy atom. The van der Waals surface area contributed by atoms with Crippen molar-refractivity contribution >= 4 is 17.7 Å². The number of hydrogen-bond acceptors (Lipinski definition) is 4. The highest BCUT2D eigenvalue weighted by Crippen LogP contribution is 2.40. The van der Waals surface area contributed by atoms with E-state index >= 15 is 0 Å². The summed E-state index contributed by atoms with van der Waals surface area (Å²) in [4.78, 5) is 31.6. The Hall–Kier alpha value is -3.15. The lowest BCUT2D eigenvalue weighted by molar-refractivity contribution is -0.148. The van der Waals surface area contributed by atoms with Crippen molar-refractivity contribution in [1.82, 2.24) is 4.90 Å². The topological polar surface area (TPSA) is 79.2 Å². The second-order valence-corrected chi connectivity index (χ2v) is 10.5. The number of carboxylic acids is 1. The molecule has 1 aliphatic carbocycles. The minimum atomic E-state index is -0.957. The van der Waals surface area contributed by atoms with Gasteiger partial charge in [-0.05, 0) is 61.9 Å². The second kappa shape index (κ2) is 10.2. The number of carbonyl (C=O) groups excluding carboxylic acids is 1. The molecular formula is C29H36N2O4. The fourth-order valence-electron chi connectivity index (χ4n) is 4.77. The molecule has 6 heteroatoms. The van der Waals surface area contributed by atoms with Crippen LogP contribution in [0.15, 0.2) is 53.5 Å². The van der Waals surface area contributed by atoms with Crippen LogP contribution in [-0.2, 0) is 16.1 Å². The number of ether oxygens (including phenoxy) is 1. The van der Waals surface area contributed by atoms with Gasteiger partial charge in [0.25, 0.3) is 5.91 Å². The van der Waals surface area contributed by atoms with E-state index in [1.54, 1.807) is 13.8 Å². The maximum absolute atomic E-state index is 13.4. The Kier molecular flexibility index (Phi) is 7.29. The number of hydrogen-bond donors (Lipinski definition) is 1. The first kappa shape index (κ1) is 25.0. The Balaban J connectivity index is 1.46. The van der Waals surface area contributed by atoms with Crippen LogP contribution >= 0.6 is 0 Å². The lowest BCUT2D eigenvalue weighted by Gasteiger charge is -2.23. The molecule has 2 aliphatic rings. The highest BCUT2D eigenvalue weighted by Gasteiger charge is 2.49. The van der Waals surface area contributed by atoms with Gasteiger partial charge in [0.2, 0.25) is 0 Å². The van der Waals surface area contributed by atoms with E-state index in [9.17, 15) is 14.7 Å². The van der Waals surface area contributed by atoms with Gasteiger partial charge in [-0.3, -0.25) is 19.5 Å². The van der Waals surface area contributed by atoms with Gasteiger partial charge >= 0.3 is 5.97 Å². The predicted octanol–water partition coefficient (Wildman–Crippen LogP) is 6.09. The van der Waals surface area contributed by atoms with Crippen LogP contribution in [0.4, 0.5) is 0 Å². The molecule has 0 unspecified atom stereocenters. The lowest BCUT2D eigenvalue weighted by atomic mass is 9.95. The van der Waals surface area contributed by atoms with Gasteiger partial charge in [0, 0.05) is 6.42 Å². The third-order valence-corrected chi connectivity index (χ3v) is 7.12. The summed E-state index contributed by atoms with van der Waals surface area (Å²) in [6, 6.07) is 15.9. The fourth-order valence-corrected chi connectivity index (χ4v) is 4.77. The average molecular weight is 477 g/mol. The van der Waals surface area contributed by atoms with Crippen molar-refractivity contribution in [2.24, 2.45) is 10.4 Å². The zero-order valence-corrected chi connectivity index (χ0v) is 21.0. The van der Waals surface area contributed by atoms with Crippen molar-refractivity contribution < 1.29 is 19.4 Å². The van der Waals surface area contributed by atoms with E-state index in [-0.39, 0.29) is 12.5 Å². The van der Waals surface area contributed by atoms with Crippen LogP contribution in [-0.4, -0.2) is 39.9 Å². The van der Waals surface area contributed by atoms with Crippen molar-refractivity contribution in [2.45, 2.75) is 77.8 Å². The molecule has 4 rings (SSSR count). The van der Waals surface area contributed by atoms with Crippen LogP contribution in [0.5, 0.6) is 5.75 Å². The summed E-state index contributed by atoms with van der Waals surface area (Å²) in [6.07, 6.45) is 6.88. The SMILES string of the molecule is CCCCC1=NC2(CCCC2)C(=O)N1Cc1ccc(-c2cccc(OCC(C)(C)C(=O)O)c2)cc1. The van der Waals surface area contributed by atoms with E-state index in [2.05, 4.69) is 31.2 Å². The standard InChI is InChI=1S/C29H36N2O4/c1-4-5-11-25-30-29(16-6-7-17-29)26(32)31(25)19-21-12-14-22(15-13-21)23-9-8-10-24(18-23)35-20-28(2,3)27(33)34/h8-10,12-15,18H,4-7,11,16-17,19-20H2,1-3H3,(H,33,34). The molecule has 1 spiro atoms. The Morgan fingerprint density at radius 2 is 1.83 bits per heavy atom. The number of aliphatic carboxylic acids is 1. The number of amidine groups is 1. The molecule has 35 heavy (non-hydrogen) atoms. The molecule has 0 radical (unpaired) electrons. The second-order valence-electron chi connectivity index (χ2n) is 10.5. The molecule has 186 valence electrons. The molecule has 0 aromatic heterocycles. The van der Waals surface area contributed by atoms with Crippen LogP contribution < -0.4 is 4.74 Å². The van der Waals surface area contributed by atoms with Crippen LogP contribution in [0.1, 0.15) is 71.3 Å². The van der Waals surface area contributed by atoms with Crippen LogP contribution in [0, 0.1) is 5.41 Å². The third-order valence-electron chi connectivity index (χ3n) is 7.12. The van der Waals surface area contributed by atoms with Crippen LogP contribution in [0.25, 0.3) is 11.1 Å². The van der Waals surface area contributed by atoms with Gasteiger partial charge in [0.05, 0.1) is 12.0 Å². The lowest BCUT2D eigenvalue weighted by Crippen LogP contribution is -2.40. The van der Waals surface area contributed by atoms with Crippen LogP contribution in [0.3, 0.4) is 0 Å². The monoisotopic (exact) mass is 476 g/mol. The summed E-state index contributed by atoms with van der Waals surface area (Å²) < 4.78 is 5.77. The van der Waals surface area contributed by atoms with Crippen molar-refractivity contribution in [3.63, 3.8) is 0 Å². The molecule has 6 nitrogen and oxygen atoms in total. The maximum atomic E-state index is 13.4. The van der Waals surface area contributed by atoms with E-state index in [4.69, 9.17) is 9.73 Å². The van der Waals surface area contributed by atoms with Gasteiger partial charge in [-0.2, -0.15) is 0 Å². The van der Waals surface area contributed by atoms with Gasteiger partial charge in [-0.15, -0.1) is 0 Å². The number of nitrogens with zero attached hydrogens (tertiary/aromatic N) is 2. The molecular weight excluding hydrogens is 440 g/mol. The molecule has 0 bridgehead atoms. The quantitative estimate of drug-likeness (QED) is 0.450. The van der Waals surface area contributed by atoms with Crippen molar-refractivity contribution in [2.75, 3.05) is 6.61 Å². The minimum absolute atomic E-state index is 0.0952. The summed E-state index contributed by atoms with van der Waals surface area (Å²) in [5.41, 5.74) is 1.66. The number of unbranched alkanes of at least 4 members (excludes halogenated alkanes) is 1. The first-order valence-electron chi connectivity index (χ1n) is 12.7. The number of aliphatic imine (C=N–C) groups is 1. The van der Waals surface area contributed by atoms with Gasteiger partial charge < -0.3 is 9.84 Å². The molecule has 0 atom stereocenters. The Labute approximate surface area is 208 Å². The number of carboxylic acid groups (broad SMARTS) is 1. The predicted molar refractivity (Wildman–Crippen MR) is 137 cm³/mol. The number of amides is 1. The average Bonchev–Trinajstić information content (AvgIpc) is 3.43. The molecule has 2 aromatic rings. The molecule has 1 heterocycles. The minimum Gasteiger partial charge on any atom is -0.492 e. The zero-order valence-electron chi connectivity index (χ0n) is 21.0. The summed E-state index contributed by atoms with van der Waals surface area (Å²) in [6.45, 7) is 6.11. The normalized spacial score (nSPS) is 17.2. The third kappa shape index (κ3) is 5.42. The summed E-state index contributed by atoms with van der Waals surface area (Å²) in [7, 11) is 0. The molecule has 1 N–H and O–H groups in total. The van der Waals surface area contributed by atoms with E-state index in [0.717, 1.165) is 67.5 Å². The van der Waals surface area contributed by atoms with Gasteiger partial charge in [-0.1, -0.05) is 62.6 Å². The molecule has 1 amide bonds. The van der Waals surface area contributed by atoms with Crippen LogP contribution in [0.2, 0.25) is 0 Å². The van der Waals surface area contributed by atoms with E-state index in [0.29, 0.717) is 12.3 Å². The maximum Gasteiger partial charge on any atom is 0.312 e. The van der Waals surface area contributed by atoms with Gasteiger partial charge in [-0.25, -0.2) is 0 Å².